The molecule has 0 aromatic heterocycles. The number of rotatable bonds is 4. The van der Waals surface area contributed by atoms with Gasteiger partial charge >= 0.3 is 11.9 Å². The first-order chi connectivity index (χ1) is 12.9. The first kappa shape index (κ1) is 18.4. The van der Waals surface area contributed by atoms with Crippen LogP contribution in [-0.4, -0.2) is 79.7 Å². The van der Waals surface area contributed by atoms with Gasteiger partial charge in [0.2, 0.25) is 5.91 Å². The summed E-state index contributed by atoms with van der Waals surface area (Å²) in [6, 6.07) is 0. The second-order valence-corrected chi connectivity index (χ2v) is 7.93. The van der Waals surface area contributed by atoms with Gasteiger partial charge in [-0.05, 0) is 32.4 Å². The van der Waals surface area contributed by atoms with Crippen molar-refractivity contribution in [2.24, 2.45) is 11.8 Å². The summed E-state index contributed by atoms with van der Waals surface area (Å²) in [4.78, 5) is 41.3. The van der Waals surface area contributed by atoms with Crippen LogP contribution in [0.2, 0.25) is 0 Å². The number of nitrogens with zero attached hydrogens (tertiary/aromatic N) is 2. The highest BCUT2D eigenvalue weighted by atomic mass is 16.6. The standard InChI is InChI=1S/C19H26N2O6/c1-11-9-15(22)27-14(11)10-25-19(24)17-13-4-3-12(26-13)16(17)18(23)21-7-5-20(2)6-8-21/h12-13,16-17H,3-10H2,1-2H3. The van der Waals surface area contributed by atoms with Gasteiger partial charge in [0.05, 0.1) is 30.5 Å². The highest BCUT2D eigenvalue weighted by Gasteiger charge is 2.57. The van der Waals surface area contributed by atoms with E-state index >= 15 is 0 Å². The zero-order chi connectivity index (χ0) is 19.1. The quantitative estimate of drug-likeness (QED) is 0.651. The summed E-state index contributed by atoms with van der Waals surface area (Å²) in [6.07, 6.45) is 1.35. The lowest BCUT2D eigenvalue weighted by molar-refractivity contribution is -0.157. The van der Waals surface area contributed by atoms with Crippen LogP contribution in [0.25, 0.3) is 0 Å². The van der Waals surface area contributed by atoms with Gasteiger partial charge in [-0.3, -0.25) is 14.4 Å². The number of hydrogen-bond donors (Lipinski definition) is 0. The summed E-state index contributed by atoms with van der Waals surface area (Å²) in [5, 5.41) is 0. The van der Waals surface area contributed by atoms with Crippen molar-refractivity contribution in [3.8, 4) is 0 Å². The number of likely N-dealkylation sites (N-methyl/N-ethyl adjacent to an activating group) is 1. The Kier molecular flexibility index (Phi) is 4.94. The van der Waals surface area contributed by atoms with Gasteiger partial charge in [0.15, 0.2) is 0 Å². The maximum Gasteiger partial charge on any atom is 0.315 e. The largest absolute Gasteiger partial charge is 0.457 e. The Hall–Kier alpha value is -1.93. The minimum atomic E-state index is -0.575. The van der Waals surface area contributed by atoms with Gasteiger partial charge in [0.1, 0.15) is 12.4 Å². The molecule has 4 aliphatic rings. The van der Waals surface area contributed by atoms with Gasteiger partial charge in [-0.15, -0.1) is 0 Å². The number of esters is 2. The topological polar surface area (TPSA) is 85.4 Å². The van der Waals surface area contributed by atoms with Crippen molar-refractivity contribution in [1.82, 2.24) is 9.80 Å². The first-order valence-corrected chi connectivity index (χ1v) is 9.63. The zero-order valence-corrected chi connectivity index (χ0v) is 15.8. The predicted octanol–water partition coefficient (Wildman–Crippen LogP) is 0.318. The molecule has 3 fully saturated rings. The van der Waals surface area contributed by atoms with Gasteiger partial charge < -0.3 is 24.0 Å². The monoisotopic (exact) mass is 378 g/mol. The molecular formula is C19H26N2O6. The molecule has 4 rings (SSSR count). The van der Waals surface area contributed by atoms with E-state index in [1.165, 1.54) is 0 Å². The van der Waals surface area contributed by atoms with Crippen LogP contribution >= 0.6 is 0 Å². The Bertz CT molecular complexity index is 682. The van der Waals surface area contributed by atoms with E-state index in [1.54, 1.807) is 6.92 Å². The molecule has 1 amide bonds. The Morgan fingerprint density at radius 1 is 1.11 bits per heavy atom. The van der Waals surface area contributed by atoms with Gasteiger partial charge in [-0.1, -0.05) is 0 Å². The SMILES string of the molecule is CC1=C(COC(=O)C2C3CCC(O3)C2C(=O)N2CCN(C)CC2)OC(=O)C1. The van der Waals surface area contributed by atoms with Gasteiger partial charge in [0, 0.05) is 26.2 Å². The fourth-order valence-electron chi connectivity index (χ4n) is 4.49. The third kappa shape index (κ3) is 3.48. The maximum atomic E-state index is 13.1. The van der Waals surface area contributed by atoms with Gasteiger partial charge in [0.25, 0.3) is 0 Å². The maximum absolute atomic E-state index is 13.1. The first-order valence-electron chi connectivity index (χ1n) is 9.63. The molecule has 27 heavy (non-hydrogen) atoms. The van der Waals surface area contributed by atoms with Gasteiger partial charge in [-0.25, -0.2) is 0 Å². The average molecular weight is 378 g/mol. The lowest BCUT2D eigenvalue weighted by atomic mass is 9.78. The van der Waals surface area contributed by atoms with Crippen molar-refractivity contribution < 1.29 is 28.6 Å². The van der Waals surface area contributed by atoms with Crippen LogP contribution in [0.3, 0.4) is 0 Å². The molecule has 0 spiro atoms. The van der Waals surface area contributed by atoms with Crippen LogP contribution in [0.1, 0.15) is 26.2 Å². The van der Waals surface area contributed by atoms with E-state index in [1.807, 2.05) is 11.9 Å². The highest BCUT2D eigenvalue weighted by molar-refractivity contribution is 5.87. The molecule has 4 unspecified atom stereocenters. The molecule has 3 saturated heterocycles. The molecule has 0 radical (unpaired) electrons. The predicted molar refractivity (Wildman–Crippen MR) is 93.3 cm³/mol. The van der Waals surface area contributed by atoms with Crippen LogP contribution in [0.15, 0.2) is 11.3 Å². The highest BCUT2D eigenvalue weighted by Crippen LogP contribution is 2.45. The number of carbonyl (C=O) groups is 3. The smallest absolute Gasteiger partial charge is 0.315 e. The third-order valence-electron chi connectivity index (χ3n) is 6.11. The van der Waals surface area contributed by atoms with Crippen molar-refractivity contribution in [2.75, 3.05) is 39.8 Å². The minimum Gasteiger partial charge on any atom is -0.457 e. The minimum absolute atomic E-state index is 0.0000553. The van der Waals surface area contributed by atoms with E-state index in [-0.39, 0.29) is 37.1 Å². The molecule has 0 N–H and O–H groups in total. The molecule has 0 aromatic rings. The van der Waals surface area contributed by atoms with Crippen LogP contribution in [-0.2, 0) is 28.6 Å². The molecule has 4 heterocycles. The second kappa shape index (κ2) is 7.24. The Balaban J connectivity index is 1.42. The summed E-state index contributed by atoms with van der Waals surface area (Å²) in [7, 11) is 2.04. The molecule has 0 aromatic carbocycles. The molecular weight excluding hydrogens is 352 g/mol. The number of fused-ring (bicyclic) bond motifs is 2. The average Bonchev–Trinajstić information content (AvgIpc) is 3.34. The van der Waals surface area contributed by atoms with Crippen molar-refractivity contribution in [3.63, 3.8) is 0 Å². The molecule has 0 aliphatic carbocycles. The summed E-state index contributed by atoms with van der Waals surface area (Å²) in [5.41, 5.74) is 0.780. The lowest BCUT2D eigenvalue weighted by Crippen LogP contribution is -2.52. The summed E-state index contributed by atoms with van der Waals surface area (Å²) in [5.74, 6) is -1.41. The van der Waals surface area contributed by atoms with Gasteiger partial charge in [-0.2, -0.15) is 0 Å². The number of carbonyl (C=O) groups excluding carboxylic acids is 3. The summed E-state index contributed by atoms with van der Waals surface area (Å²) >= 11 is 0. The fraction of sp³-hybridized carbons (Fsp3) is 0.737. The van der Waals surface area contributed by atoms with E-state index in [0.29, 0.717) is 18.8 Å². The van der Waals surface area contributed by atoms with Crippen molar-refractivity contribution in [2.45, 2.75) is 38.4 Å². The van der Waals surface area contributed by atoms with E-state index in [9.17, 15) is 14.4 Å². The Morgan fingerprint density at radius 3 is 2.41 bits per heavy atom. The molecule has 8 heteroatoms. The number of amides is 1. The number of ether oxygens (including phenoxy) is 3. The number of piperazine rings is 1. The molecule has 2 bridgehead atoms. The second-order valence-electron chi connectivity index (χ2n) is 7.93. The third-order valence-corrected chi connectivity index (χ3v) is 6.11. The van der Waals surface area contributed by atoms with E-state index in [2.05, 4.69) is 4.90 Å². The summed E-state index contributed by atoms with van der Waals surface area (Å²) in [6.45, 7) is 4.73. The number of hydrogen-bond acceptors (Lipinski definition) is 7. The number of cyclic esters (lactones) is 1. The van der Waals surface area contributed by atoms with Crippen molar-refractivity contribution in [1.29, 1.82) is 0 Å². The molecule has 4 aliphatic heterocycles. The molecule has 148 valence electrons. The van der Waals surface area contributed by atoms with E-state index in [0.717, 1.165) is 31.5 Å². The van der Waals surface area contributed by atoms with E-state index in [4.69, 9.17) is 14.2 Å². The molecule has 4 atom stereocenters. The molecule has 0 saturated carbocycles. The van der Waals surface area contributed by atoms with Crippen LogP contribution < -0.4 is 0 Å². The zero-order valence-electron chi connectivity index (χ0n) is 15.8. The van der Waals surface area contributed by atoms with Crippen LogP contribution in [0, 0.1) is 11.8 Å². The normalized spacial score (nSPS) is 33.6. The van der Waals surface area contributed by atoms with E-state index < -0.39 is 17.8 Å². The Labute approximate surface area is 158 Å². The lowest BCUT2D eigenvalue weighted by Gasteiger charge is -2.36. The van der Waals surface area contributed by atoms with Crippen molar-refractivity contribution >= 4 is 17.8 Å². The molecule has 8 nitrogen and oxygen atoms in total. The summed E-state index contributed by atoms with van der Waals surface area (Å²) < 4.78 is 16.4. The van der Waals surface area contributed by atoms with Crippen LogP contribution in [0.4, 0.5) is 0 Å². The fourth-order valence-corrected chi connectivity index (χ4v) is 4.49. The van der Waals surface area contributed by atoms with Crippen LogP contribution in [0.5, 0.6) is 0 Å². The van der Waals surface area contributed by atoms with Crippen molar-refractivity contribution in [3.05, 3.63) is 11.3 Å². The Morgan fingerprint density at radius 2 is 1.78 bits per heavy atom.